The van der Waals surface area contributed by atoms with E-state index < -0.39 is 0 Å². The second-order valence-corrected chi connectivity index (χ2v) is 10.7. The molecule has 0 aromatic rings. The van der Waals surface area contributed by atoms with E-state index >= 15 is 0 Å². The number of aliphatic hydroxyl groups excluding tert-OH is 1. The Hall–Kier alpha value is -1.36. The molecule has 0 aromatic carbocycles. The van der Waals surface area contributed by atoms with Crippen molar-refractivity contribution in [3.8, 4) is 0 Å². The first-order valence-corrected chi connectivity index (χ1v) is 11.9. The summed E-state index contributed by atoms with van der Waals surface area (Å²) >= 11 is 0. The van der Waals surface area contributed by atoms with Crippen molar-refractivity contribution in [2.24, 2.45) is 34.5 Å². The van der Waals surface area contributed by atoms with Crippen LogP contribution in [0.2, 0.25) is 0 Å². The summed E-state index contributed by atoms with van der Waals surface area (Å²) in [5.74, 6) is 1.73. The summed E-state index contributed by atoms with van der Waals surface area (Å²) in [6.07, 6.45) is 10.5. The van der Waals surface area contributed by atoms with Gasteiger partial charge in [-0.2, -0.15) is 0 Å². The molecule has 3 fully saturated rings. The van der Waals surface area contributed by atoms with Crippen molar-refractivity contribution in [3.63, 3.8) is 0 Å². The summed E-state index contributed by atoms with van der Waals surface area (Å²) in [6, 6.07) is 0. The molecule has 2 unspecified atom stereocenters. The fourth-order valence-corrected chi connectivity index (χ4v) is 8.21. The zero-order valence-electron chi connectivity index (χ0n) is 19.0. The van der Waals surface area contributed by atoms with Crippen LogP contribution in [-0.4, -0.2) is 35.9 Å². The van der Waals surface area contributed by atoms with E-state index in [1.165, 1.54) is 25.8 Å². The predicted octanol–water partition coefficient (Wildman–Crippen LogP) is 4.42. The first kappa shape index (κ1) is 21.9. The van der Waals surface area contributed by atoms with Gasteiger partial charge in [0.25, 0.3) is 0 Å². The third kappa shape index (κ3) is 3.41. The van der Waals surface area contributed by atoms with Crippen LogP contribution in [0.3, 0.4) is 0 Å². The molecule has 30 heavy (non-hydrogen) atoms. The van der Waals surface area contributed by atoms with Crippen molar-refractivity contribution in [1.82, 2.24) is 0 Å². The number of ether oxygens (including phenoxy) is 2. The fourth-order valence-electron chi connectivity index (χ4n) is 8.21. The van der Waals surface area contributed by atoms with Crippen molar-refractivity contribution in [1.29, 1.82) is 0 Å². The molecule has 5 nitrogen and oxygen atoms in total. The topological polar surface area (TPSA) is 72.8 Å². The first-order valence-electron chi connectivity index (χ1n) is 11.9. The lowest BCUT2D eigenvalue weighted by molar-refractivity contribution is -0.154. The maximum Gasteiger partial charge on any atom is 0.302 e. The van der Waals surface area contributed by atoms with Crippen LogP contribution in [0.15, 0.2) is 11.6 Å². The van der Waals surface area contributed by atoms with Crippen molar-refractivity contribution in [2.75, 3.05) is 6.61 Å². The molecule has 0 aromatic heterocycles. The number of hydrogen-bond donors (Lipinski definition) is 1. The van der Waals surface area contributed by atoms with E-state index in [2.05, 4.69) is 19.9 Å². The maximum absolute atomic E-state index is 11.5. The second kappa shape index (κ2) is 7.96. The third-order valence-corrected chi connectivity index (χ3v) is 9.39. The molecule has 5 heteroatoms. The minimum absolute atomic E-state index is 0.0327. The Labute approximate surface area is 180 Å². The molecule has 0 heterocycles. The predicted molar refractivity (Wildman–Crippen MR) is 113 cm³/mol. The van der Waals surface area contributed by atoms with Gasteiger partial charge in [0.1, 0.15) is 12.2 Å². The summed E-state index contributed by atoms with van der Waals surface area (Å²) in [5, 5.41) is 10.6. The highest BCUT2D eigenvalue weighted by atomic mass is 16.5. The van der Waals surface area contributed by atoms with Crippen LogP contribution >= 0.6 is 0 Å². The van der Waals surface area contributed by atoms with Crippen LogP contribution in [0.1, 0.15) is 79.1 Å². The lowest BCUT2D eigenvalue weighted by Crippen LogP contribution is -2.53. The molecule has 0 aliphatic heterocycles. The highest BCUT2D eigenvalue weighted by molar-refractivity contribution is 5.66. The molecule has 0 amide bonds. The number of hydrogen-bond acceptors (Lipinski definition) is 5. The summed E-state index contributed by atoms with van der Waals surface area (Å²) in [5.41, 5.74) is 1.39. The smallest absolute Gasteiger partial charge is 0.302 e. The highest BCUT2D eigenvalue weighted by Gasteiger charge is 2.60. The van der Waals surface area contributed by atoms with Gasteiger partial charge in [-0.15, -0.1) is 0 Å². The Morgan fingerprint density at radius 1 is 1.13 bits per heavy atom. The molecule has 1 N–H and O–H groups in total. The van der Waals surface area contributed by atoms with Gasteiger partial charge in [-0.25, -0.2) is 0 Å². The van der Waals surface area contributed by atoms with E-state index in [4.69, 9.17) is 9.47 Å². The van der Waals surface area contributed by atoms with E-state index in [1.54, 1.807) is 0 Å². The lowest BCUT2D eigenvalue weighted by Gasteiger charge is -2.58. The van der Waals surface area contributed by atoms with Gasteiger partial charge in [0.05, 0.1) is 6.61 Å². The third-order valence-electron chi connectivity index (χ3n) is 9.39. The number of fused-ring (bicyclic) bond motifs is 5. The van der Waals surface area contributed by atoms with E-state index in [0.29, 0.717) is 23.7 Å². The highest BCUT2D eigenvalue weighted by Crippen LogP contribution is 2.66. The zero-order chi connectivity index (χ0) is 21.7. The zero-order valence-corrected chi connectivity index (χ0v) is 19.0. The van der Waals surface area contributed by atoms with Crippen LogP contribution in [0.4, 0.5) is 0 Å². The summed E-state index contributed by atoms with van der Waals surface area (Å²) in [7, 11) is 0. The average Bonchev–Trinajstić information content (AvgIpc) is 3.04. The average molecular weight is 419 g/mol. The van der Waals surface area contributed by atoms with Gasteiger partial charge in [0.15, 0.2) is 0 Å². The standard InChI is InChI=1S/C25H38O5/c1-15(29-16(2)27)21-7-8-22-20-6-5-18-13-19(30-17(3)28)9-12-25(18,14-26)23(20)10-11-24(21,22)4/h5,15,19-23,26H,6-14H2,1-4H3/t15?,19?,20-,21+,22-,23-,24+,25+/m0/s1. The van der Waals surface area contributed by atoms with E-state index in [9.17, 15) is 14.7 Å². The minimum atomic E-state index is -0.210. The van der Waals surface area contributed by atoms with Gasteiger partial charge < -0.3 is 14.6 Å². The van der Waals surface area contributed by atoms with Crippen LogP contribution in [0, 0.1) is 34.5 Å². The second-order valence-electron chi connectivity index (χ2n) is 10.7. The van der Waals surface area contributed by atoms with Crippen LogP contribution in [0.25, 0.3) is 0 Å². The summed E-state index contributed by atoms with van der Waals surface area (Å²) in [4.78, 5) is 23.0. The number of esters is 2. The number of carbonyl (C=O) groups excluding carboxylic acids is 2. The Kier molecular flexibility index (Phi) is 5.80. The molecule has 0 spiro atoms. The Morgan fingerprint density at radius 2 is 1.90 bits per heavy atom. The molecule has 4 aliphatic carbocycles. The minimum Gasteiger partial charge on any atom is -0.463 e. The van der Waals surface area contributed by atoms with Gasteiger partial charge in [-0.1, -0.05) is 18.6 Å². The van der Waals surface area contributed by atoms with Crippen LogP contribution in [-0.2, 0) is 19.1 Å². The molecule has 0 saturated heterocycles. The maximum atomic E-state index is 11.5. The molecule has 0 radical (unpaired) electrons. The Morgan fingerprint density at radius 3 is 2.57 bits per heavy atom. The van der Waals surface area contributed by atoms with Crippen molar-refractivity contribution < 1.29 is 24.2 Å². The number of rotatable bonds is 4. The SMILES string of the molecule is CC(=O)OC1CC[C@@]2(CO)C(=CC[C@@H]3[C@@H]2CC[C@]2(C)[C@@H](C(C)OC(C)=O)CC[C@@H]32)C1. The molecular formula is C25H38O5. The van der Waals surface area contributed by atoms with Gasteiger partial charge in [0.2, 0.25) is 0 Å². The largest absolute Gasteiger partial charge is 0.463 e. The summed E-state index contributed by atoms with van der Waals surface area (Å²) < 4.78 is 11.1. The lowest BCUT2D eigenvalue weighted by atomic mass is 9.47. The van der Waals surface area contributed by atoms with Crippen molar-refractivity contribution in [3.05, 3.63) is 11.6 Å². The normalized spacial score (nSPS) is 43.5. The van der Waals surface area contributed by atoms with Crippen LogP contribution < -0.4 is 0 Å². The fraction of sp³-hybridized carbons (Fsp3) is 0.840. The van der Waals surface area contributed by atoms with Crippen molar-refractivity contribution >= 4 is 11.9 Å². The Balaban J connectivity index is 1.57. The van der Waals surface area contributed by atoms with E-state index in [0.717, 1.165) is 44.9 Å². The summed E-state index contributed by atoms with van der Waals surface area (Å²) in [6.45, 7) is 7.68. The number of aliphatic hydroxyl groups is 1. The van der Waals surface area contributed by atoms with Crippen molar-refractivity contribution in [2.45, 2.75) is 91.3 Å². The molecule has 4 aliphatic rings. The van der Waals surface area contributed by atoms with E-state index in [1.807, 2.05) is 0 Å². The Bertz CT molecular complexity index is 729. The number of allylic oxidation sites excluding steroid dienone is 1. The molecule has 0 bridgehead atoms. The quantitative estimate of drug-likeness (QED) is 0.540. The molecule has 3 saturated carbocycles. The molecular weight excluding hydrogens is 380 g/mol. The van der Waals surface area contributed by atoms with Gasteiger partial charge >= 0.3 is 11.9 Å². The molecule has 168 valence electrons. The van der Waals surface area contributed by atoms with Gasteiger partial charge in [-0.05, 0) is 75.0 Å². The van der Waals surface area contributed by atoms with E-state index in [-0.39, 0.29) is 41.6 Å². The van der Waals surface area contributed by atoms with Crippen LogP contribution in [0.5, 0.6) is 0 Å². The van der Waals surface area contributed by atoms with Gasteiger partial charge in [0, 0.05) is 31.6 Å². The van der Waals surface area contributed by atoms with Gasteiger partial charge in [-0.3, -0.25) is 9.59 Å². The number of carbonyl (C=O) groups is 2. The monoisotopic (exact) mass is 418 g/mol. The first-order chi connectivity index (χ1) is 14.2. The molecule has 8 atom stereocenters. The molecule has 4 rings (SSSR count).